The Balaban J connectivity index is 1.85. The first-order valence-electron chi connectivity index (χ1n) is 9.26. The highest BCUT2D eigenvalue weighted by molar-refractivity contribution is 9.10. The van der Waals surface area contributed by atoms with Crippen LogP contribution in [0.4, 0.5) is 5.69 Å². The highest BCUT2D eigenvalue weighted by atomic mass is 79.9. The van der Waals surface area contributed by atoms with E-state index < -0.39 is 10.8 Å². The molecule has 0 spiro atoms. The number of piperidine rings is 1. The molecule has 1 N–H and O–H groups in total. The van der Waals surface area contributed by atoms with Crippen molar-refractivity contribution >= 4 is 39.5 Å². The monoisotopic (exact) mass is 457 g/mol. The van der Waals surface area contributed by atoms with Crippen LogP contribution in [-0.2, 0) is 4.79 Å². The molecule has 2 aromatic rings. The molecule has 0 radical (unpaired) electrons. The highest BCUT2D eigenvalue weighted by Gasteiger charge is 2.22. The number of nitro benzene ring substituents is 1. The van der Waals surface area contributed by atoms with Gasteiger partial charge in [0.1, 0.15) is 5.70 Å². The van der Waals surface area contributed by atoms with E-state index in [1.807, 2.05) is 24.3 Å². The molecule has 150 valence electrons. The lowest BCUT2D eigenvalue weighted by Gasteiger charge is -2.27. The molecule has 0 saturated carbocycles. The van der Waals surface area contributed by atoms with Gasteiger partial charge in [0.15, 0.2) is 0 Å². The number of halogens is 1. The van der Waals surface area contributed by atoms with Gasteiger partial charge < -0.3 is 10.2 Å². The maximum absolute atomic E-state index is 13.0. The second kappa shape index (κ2) is 9.47. The first kappa shape index (κ1) is 20.7. The van der Waals surface area contributed by atoms with Crippen molar-refractivity contribution in [1.29, 1.82) is 0 Å². The van der Waals surface area contributed by atoms with Crippen molar-refractivity contribution in [3.8, 4) is 0 Å². The van der Waals surface area contributed by atoms with Crippen molar-refractivity contribution in [3.63, 3.8) is 0 Å². The zero-order valence-electron chi connectivity index (χ0n) is 15.6. The number of rotatable bonds is 5. The van der Waals surface area contributed by atoms with Gasteiger partial charge in [-0.2, -0.15) is 0 Å². The quantitative estimate of drug-likeness (QED) is 0.414. The smallest absolute Gasteiger partial charge is 0.270 e. The zero-order valence-corrected chi connectivity index (χ0v) is 17.2. The molecule has 0 bridgehead atoms. The van der Waals surface area contributed by atoms with E-state index in [1.54, 1.807) is 11.0 Å². The van der Waals surface area contributed by atoms with E-state index >= 15 is 0 Å². The fourth-order valence-electron chi connectivity index (χ4n) is 3.07. The van der Waals surface area contributed by atoms with E-state index in [4.69, 9.17) is 0 Å². The van der Waals surface area contributed by atoms with E-state index in [-0.39, 0.29) is 22.9 Å². The predicted molar refractivity (Wildman–Crippen MR) is 113 cm³/mol. The van der Waals surface area contributed by atoms with Crippen LogP contribution in [0.1, 0.15) is 35.2 Å². The summed E-state index contributed by atoms with van der Waals surface area (Å²) in [6.45, 7) is 1.31. The Labute approximate surface area is 176 Å². The average Bonchev–Trinajstić information content (AvgIpc) is 2.75. The fourth-order valence-corrected chi connectivity index (χ4v) is 3.34. The Morgan fingerprint density at radius 3 is 2.21 bits per heavy atom. The largest absolute Gasteiger partial charge is 0.337 e. The Morgan fingerprint density at radius 1 is 1.00 bits per heavy atom. The molecule has 7 nitrogen and oxygen atoms in total. The number of carbonyl (C=O) groups is 2. The molecule has 1 saturated heterocycles. The van der Waals surface area contributed by atoms with Gasteiger partial charge in [0.25, 0.3) is 17.5 Å². The predicted octanol–water partition coefficient (Wildman–Crippen LogP) is 4.14. The summed E-state index contributed by atoms with van der Waals surface area (Å²) in [5.41, 5.74) is 1.09. The normalized spacial score (nSPS) is 14.4. The lowest BCUT2D eigenvalue weighted by Crippen LogP contribution is -2.41. The molecule has 1 heterocycles. The third-order valence-electron chi connectivity index (χ3n) is 4.64. The molecule has 0 unspecified atom stereocenters. The average molecular weight is 458 g/mol. The zero-order chi connectivity index (χ0) is 20.8. The Bertz CT molecular complexity index is 933. The number of amides is 2. The number of hydrogen-bond donors (Lipinski definition) is 1. The summed E-state index contributed by atoms with van der Waals surface area (Å²) in [6.07, 6.45) is 4.61. The molecule has 8 heteroatoms. The van der Waals surface area contributed by atoms with Crippen LogP contribution in [-0.4, -0.2) is 34.7 Å². The molecule has 1 aliphatic rings. The van der Waals surface area contributed by atoms with Crippen LogP contribution < -0.4 is 5.32 Å². The summed E-state index contributed by atoms with van der Waals surface area (Å²) >= 11 is 3.38. The lowest BCUT2D eigenvalue weighted by atomic mass is 10.1. The first-order valence-corrected chi connectivity index (χ1v) is 10.1. The SMILES string of the molecule is O=C(NC(=Cc1ccc(Br)cc1)C(=O)N1CCCCC1)c1ccc([N+](=O)[O-])cc1. The van der Waals surface area contributed by atoms with Crippen LogP contribution in [0.25, 0.3) is 6.08 Å². The molecule has 0 aromatic heterocycles. The number of nitrogens with zero attached hydrogens (tertiary/aromatic N) is 2. The molecule has 29 heavy (non-hydrogen) atoms. The summed E-state index contributed by atoms with van der Waals surface area (Å²) in [4.78, 5) is 37.7. The minimum absolute atomic E-state index is 0.100. The van der Waals surface area contributed by atoms with Gasteiger partial charge in [-0.3, -0.25) is 19.7 Å². The van der Waals surface area contributed by atoms with Crippen molar-refractivity contribution in [3.05, 3.63) is 79.9 Å². The molecular weight excluding hydrogens is 438 g/mol. The molecule has 3 rings (SSSR count). The molecule has 2 amide bonds. The molecular formula is C21H20BrN3O4. The van der Waals surface area contributed by atoms with Crippen molar-refractivity contribution in [2.75, 3.05) is 13.1 Å². The van der Waals surface area contributed by atoms with Gasteiger partial charge in [0.2, 0.25) is 0 Å². The number of benzene rings is 2. The number of non-ortho nitro benzene ring substituents is 1. The van der Waals surface area contributed by atoms with E-state index in [0.717, 1.165) is 29.3 Å². The van der Waals surface area contributed by atoms with Crippen LogP contribution in [0.5, 0.6) is 0 Å². The minimum atomic E-state index is -0.527. The Hall–Kier alpha value is -3.00. The van der Waals surface area contributed by atoms with Crippen molar-refractivity contribution < 1.29 is 14.5 Å². The van der Waals surface area contributed by atoms with Crippen molar-refractivity contribution in [2.45, 2.75) is 19.3 Å². The van der Waals surface area contributed by atoms with Gasteiger partial charge in [0, 0.05) is 35.3 Å². The minimum Gasteiger partial charge on any atom is -0.337 e. The van der Waals surface area contributed by atoms with Crippen molar-refractivity contribution in [1.82, 2.24) is 10.2 Å². The van der Waals surface area contributed by atoms with Gasteiger partial charge in [-0.25, -0.2) is 0 Å². The summed E-state index contributed by atoms with van der Waals surface area (Å²) in [6, 6.07) is 12.7. The van der Waals surface area contributed by atoms with Gasteiger partial charge in [-0.15, -0.1) is 0 Å². The number of hydrogen-bond acceptors (Lipinski definition) is 4. The van der Waals surface area contributed by atoms with Gasteiger partial charge in [0.05, 0.1) is 4.92 Å². The second-order valence-corrected chi connectivity index (χ2v) is 7.64. The van der Waals surface area contributed by atoms with E-state index in [0.29, 0.717) is 13.1 Å². The third kappa shape index (κ3) is 5.51. The molecule has 1 aliphatic heterocycles. The van der Waals surface area contributed by atoms with Crippen LogP contribution in [0.2, 0.25) is 0 Å². The standard InChI is InChI=1S/C21H20BrN3O4/c22-17-8-4-15(5-9-17)14-19(21(27)24-12-2-1-3-13-24)23-20(26)16-6-10-18(11-7-16)25(28)29/h4-11,14H,1-3,12-13H2,(H,23,26). The maximum atomic E-state index is 13.0. The fraction of sp³-hybridized carbons (Fsp3) is 0.238. The highest BCUT2D eigenvalue weighted by Crippen LogP contribution is 2.17. The lowest BCUT2D eigenvalue weighted by molar-refractivity contribution is -0.384. The molecule has 0 aliphatic carbocycles. The molecule has 1 fully saturated rings. The number of nitro groups is 1. The molecule has 2 aromatic carbocycles. The summed E-state index contributed by atoms with van der Waals surface area (Å²) in [7, 11) is 0. The summed E-state index contributed by atoms with van der Waals surface area (Å²) in [5, 5.41) is 13.5. The van der Waals surface area contributed by atoms with Gasteiger partial charge in [-0.1, -0.05) is 28.1 Å². The van der Waals surface area contributed by atoms with Crippen LogP contribution in [0.15, 0.2) is 58.7 Å². The summed E-state index contributed by atoms with van der Waals surface area (Å²) in [5.74, 6) is -0.725. The Kier molecular flexibility index (Phi) is 6.77. The van der Waals surface area contributed by atoms with Crippen LogP contribution in [0, 0.1) is 10.1 Å². The van der Waals surface area contributed by atoms with Gasteiger partial charge >= 0.3 is 0 Å². The first-order chi connectivity index (χ1) is 13.9. The van der Waals surface area contributed by atoms with E-state index in [2.05, 4.69) is 21.2 Å². The van der Waals surface area contributed by atoms with Crippen molar-refractivity contribution in [2.24, 2.45) is 0 Å². The van der Waals surface area contributed by atoms with E-state index in [9.17, 15) is 19.7 Å². The molecule has 0 atom stereocenters. The van der Waals surface area contributed by atoms with E-state index in [1.165, 1.54) is 24.3 Å². The number of likely N-dealkylation sites (tertiary alicyclic amines) is 1. The second-order valence-electron chi connectivity index (χ2n) is 6.72. The van der Waals surface area contributed by atoms with Gasteiger partial charge in [-0.05, 0) is 55.2 Å². The number of nitrogens with one attached hydrogen (secondary N) is 1. The Morgan fingerprint density at radius 2 is 1.62 bits per heavy atom. The topological polar surface area (TPSA) is 92.6 Å². The number of carbonyl (C=O) groups excluding carboxylic acids is 2. The van der Waals surface area contributed by atoms with Crippen LogP contribution in [0.3, 0.4) is 0 Å². The third-order valence-corrected chi connectivity index (χ3v) is 5.17. The maximum Gasteiger partial charge on any atom is 0.270 e. The summed E-state index contributed by atoms with van der Waals surface area (Å²) < 4.78 is 0.911. The van der Waals surface area contributed by atoms with Crippen LogP contribution >= 0.6 is 15.9 Å².